The number of hydrogen-bond donors (Lipinski definition) is 0. The minimum atomic E-state index is -1.29. The number of ether oxygens (including phenoxy) is 1. The molecule has 1 aliphatic heterocycles. The van der Waals surface area contributed by atoms with Crippen molar-refractivity contribution in [1.29, 1.82) is 0 Å². The van der Waals surface area contributed by atoms with Crippen molar-refractivity contribution in [1.82, 2.24) is 0 Å². The van der Waals surface area contributed by atoms with Crippen LogP contribution in [0.1, 0.15) is 18.3 Å². The van der Waals surface area contributed by atoms with Crippen molar-refractivity contribution in [2.24, 2.45) is 4.76 Å². The molecule has 7 nitrogen and oxygen atoms in total. The number of rotatable bonds is 4. The van der Waals surface area contributed by atoms with Crippen molar-refractivity contribution in [2.75, 3.05) is 0 Å². The Balaban J connectivity index is -0.000000195. The second kappa shape index (κ2) is 23.1. The number of benzene rings is 1. The van der Waals surface area contributed by atoms with Gasteiger partial charge in [0.2, 0.25) is 0 Å². The van der Waals surface area contributed by atoms with Gasteiger partial charge in [-0.2, -0.15) is 0 Å². The summed E-state index contributed by atoms with van der Waals surface area (Å²) in [6.07, 6.45) is 0. The van der Waals surface area contributed by atoms with E-state index in [1.54, 1.807) is 0 Å². The van der Waals surface area contributed by atoms with Crippen molar-refractivity contribution in [3.05, 3.63) is 69.1 Å². The van der Waals surface area contributed by atoms with E-state index in [9.17, 15) is 0 Å². The van der Waals surface area contributed by atoms with Crippen molar-refractivity contribution in [3.63, 3.8) is 0 Å². The summed E-state index contributed by atoms with van der Waals surface area (Å²) < 4.78 is 48.7. The van der Waals surface area contributed by atoms with Gasteiger partial charge >= 0.3 is 56.5 Å². The SMILES string of the molecule is CC1=NP(C([Si](C)(C)C)[Si](C)(C)C)C(c2ccccc2)O1.[C-]#[O+].[C-]#[O+].[C-]#[O+].[C-]#[O+].[C-]#[O+].[W]. The van der Waals surface area contributed by atoms with Crippen LogP contribution in [0.25, 0.3) is 0 Å². The van der Waals surface area contributed by atoms with E-state index < -0.39 is 24.2 Å². The Labute approximate surface area is 209 Å². The molecule has 1 aromatic rings. The van der Waals surface area contributed by atoms with E-state index in [-0.39, 0.29) is 26.9 Å². The Morgan fingerprint density at radius 3 is 1.44 bits per heavy atom. The zero-order valence-corrected chi connectivity index (χ0v) is 25.1. The number of hydrogen-bond acceptors (Lipinski definition) is 2. The van der Waals surface area contributed by atoms with Gasteiger partial charge in [-0.05, 0) is 10.5 Å². The Bertz CT molecular complexity index is 688. The summed E-state index contributed by atoms with van der Waals surface area (Å²) in [7, 11) is -3.05. The van der Waals surface area contributed by atoms with Crippen LogP contribution in [0.4, 0.5) is 0 Å². The van der Waals surface area contributed by atoms with Crippen LogP contribution in [-0.4, -0.2) is 27.0 Å². The molecule has 0 aliphatic carbocycles. The van der Waals surface area contributed by atoms with E-state index in [4.69, 9.17) is 32.8 Å². The van der Waals surface area contributed by atoms with Crippen LogP contribution in [0.15, 0.2) is 35.1 Å². The molecule has 2 rings (SSSR count). The van der Waals surface area contributed by atoms with Gasteiger partial charge in [0.25, 0.3) is 0 Å². The molecule has 32 heavy (non-hydrogen) atoms. The minimum absolute atomic E-state index is 0. The first kappa shape index (κ1) is 41.2. The third-order valence-corrected chi connectivity index (χ3v) is 20.4. The van der Waals surface area contributed by atoms with Crippen LogP contribution in [0.2, 0.25) is 39.3 Å². The van der Waals surface area contributed by atoms with Gasteiger partial charge in [-0.1, -0.05) is 69.6 Å². The van der Waals surface area contributed by atoms with Gasteiger partial charge in [0.05, 0.1) is 24.2 Å². The maximum absolute atomic E-state index is 7.50. The summed E-state index contributed by atoms with van der Waals surface area (Å²) in [6.45, 7) is 39.5. The maximum atomic E-state index is 7.50. The standard InChI is InChI=1S/C16H28NOPSi2.5CO.W/c1-13-17-19(16(20(2,3)4)21(5,6)7)15(18-13)14-11-9-8-10-12-14;5*1-2;/h8-12,15-16H,1-7H3;;;;;;. The van der Waals surface area contributed by atoms with Crippen molar-refractivity contribution in [3.8, 4) is 0 Å². The Morgan fingerprint density at radius 1 is 0.781 bits per heavy atom. The molecule has 0 radical (unpaired) electrons. The van der Waals surface area contributed by atoms with Crippen molar-refractivity contribution >= 4 is 30.1 Å². The van der Waals surface area contributed by atoms with Gasteiger partial charge < -0.3 is 4.74 Å². The molecule has 0 saturated carbocycles. The summed E-state index contributed by atoms with van der Waals surface area (Å²) in [5.74, 6) is 1.06. The van der Waals surface area contributed by atoms with E-state index >= 15 is 0 Å². The molecule has 0 spiro atoms. The van der Waals surface area contributed by atoms with E-state index in [0.29, 0.717) is 0 Å². The fraction of sp³-hybridized carbons (Fsp3) is 0.429. The molecule has 2 atom stereocenters. The zero-order valence-electron chi connectivity index (χ0n) is 19.3. The van der Waals surface area contributed by atoms with E-state index in [1.807, 2.05) is 6.92 Å². The zero-order chi connectivity index (χ0) is 25.8. The first-order valence-electron chi connectivity index (χ1n) is 8.68. The number of nitrogens with zero attached hydrogens (tertiary/aromatic N) is 1. The molecule has 0 aromatic heterocycles. The summed E-state index contributed by atoms with van der Waals surface area (Å²) in [5, 5.41) is 0. The third kappa shape index (κ3) is 14.9. The van der Waals surface area contributed by atoms with Gasteiger partial charge in [-0.3, -0.25) is 0 Å². The molecule has 0 bridgehead atoms. The summed E-state index contributed by atoms with van der Waals surface area (Å²) >= 11 is 0. The predicted octanol–water partition coefficient (Wildman–Crippen LogP) is 5.46. The normalized spacial score (nSPS) is 15.5. The smallest absolute Gasteiger partial charge is 0 e. The molecular weight excluding hydrogens is 633 g/mol. The van der Waals surface area contributed by atoms with Crippen LogP contribution >= 0.6 is 8.07 Å². The molecule has 1 aliphatic rings. The Morgan fingerprint density at radius 2 is 1.12 bits per heavy atom. The second-order valence-electron chi connectivity index (χ2n) is 8.01. The minimum Gasteiger partial charge on any atom is 0 e. The van der Waals surface area contributed by atoms with Crippen LogP contribution in [0, 0.1) is 33.3 Å². The molecule has 172 valence electrons. The van der Waals surface area contributed by atoms with Crippen LogP contribution in [-0.2, 0) is 49.1 Å². The Kier molecular flexibility index (Phi) is 29.8. The van der Waals surface area contributed by atoms with Gasteiger partial charge in [-0.15, -0.1) is 0 Å². The fourth-order valence-electron chi connectivity index (χ4n) is 3.58. The largest absolute Gasteiger partial charge is 0 e. The van der Waals surface area contributed by atoms with Crippen molar-refractivity contribution < 1.29 is 49.1 Å². The first-order chi connectivity index (χ1) is 14.6. The first-order valence-corrected chi connectivity index (χ1v) is 17.3. The van der Waals surface area contributed by atoms with Crippen LogP contribution < -0.4 is 0 Å². The average molecular weight is 661 g/mol. The van der Waals surface area contributed by atoms with Gasteiger partial charge in [0.15, 0.2) is 11.7 Å². The van der Waals surface area contributed by atoms with Gasteiger partial charge in [0.1, 0.15) is 0 Å². The fourth-order valence-corrected chi connectivity index (χ4v) is 23.1. The molecule has 11 heteroatoms. The third-order valence-electron chi connectivity index (χ3n) is 3.77. The Hall–Kier alpha value is -1.06. The molecule has 0 fully saturated rings. The van der Waals surface area contributed by atoms with E-state index in [2.05, 4.69) is 103 Å². The van der Waals surface area contributed by atoms with Gasteiger partial charge in [-0.25, -0.2) is 4.76 Å². The monoisotopic (exact) mass is 661 g/mol. The van der Waals surface area contributed by atoms with Crippen LogP contribution in [0.3, 0.4) is 0 Å². The van der Waals surface area contributed by atoms with E-state index in [1.165, 1.54) is 5.56 Å². The summed E-state index contributed by atoms with van der Waals surface area (Å²) in [6, 6.07) is 10.7. The molecule has 1 heterocycles. The average Bonchev–Trinajstić information content (AvgIpc) is 3.14. The summed E-state index contributed by atoms with van der Waals surface area (Å²) in [5.41, 5.74) is 1.30. The summed E-state index contributed by atoms with van der Waals surface area (Å²) in [4.78, 5) is 0.780. The molecule has 1 aromatic carbocycles. The molecule has 0 N–H and O–H groups in total. The molecular formula is C21H28NO6PSi2W. The maximum Gasteiger partial charge on any atom is 0 e. The quantitative estimate of drug-likeness (QED) is 0.181. The molecule has 0 amide bonds. The van der Waals surface area contributed by atoms with Crippen molar-refractivity contribution in [2.45, 2.75) is 57.0 Å². The topological polar surface area (TPSA) is 121 Å². The molecule has 2 unspecified atom stereocenters. The second-order valence-corrected chi connectivity index (χ2v) is 22.1. The predicted molar refractivity (Wildman–Crippen MR) is 120 cm³/mol. The van der Waals surface area contributed by atoms with Crippen LogP contribution in [0.5, 0.6) is 0 Å². The van der Waals surface area contributed by atoms with Gasteiger partial charge in [0, 0.05) is 28.0 Å². The van der Waals surface area contributed by atoms with E-state index in [0.717, 1.165) is 10.8 Å². The molecule has 0 saturated heterocycles.